The Morgan fingerprint density at radius 3 is 2.85 bits per heavy atom. The third-order valence-electron chi connectivity index (χ3n) is 7.90. The predicted molar refractivity (Wildman–Crippen MR) is 126 cm³/mol. The number of benzene rings is 1. The van der Waals surface area contributed by atoms with Crippen molar-refractivity contribution < 1.29 is 9.53 Å². The van der Waals surface area contributed by atoms with Gasteiger partial charge in [-0.15, -0.1) is 0 Å². The maximum atomic E-state index is 14.3. The number of methoxy groups -OCH3 is 1. The molecule has 1 aromatic heterocycles. The molecular formula is C25H27N5O2S. The average Bonchev–Trinajstić information content (AvgIpc) is 3.25. The molecule has 0 bridgehead atoms. The lowest BCUT2D eigenvalue weighted by Gasteiger charge is -2.49. The Bertz CT molecular complexity index is 1150. The fourth-order valence-electron chi connectivity index (χ4n) is 6.36. The van der Waals surface area contributed by atoms with Crippen molar-refractivity contribution in [3.05, 3.63) is 59.2 Å². The van der Waals surface area contributed by atoms with Gasteiger partial charge in [0, 0.05) is 24.9 Å². The first-order valence-corrected chi connectivity index (χ1v) is 11.8. The minimum Gasteiger partial charge on any atom is -0.381 e. The number of thiocarbonyl (C=S) groups is 1. The van der Waals surface area contributed by atoms with Crippen LogP contribution in [0.1, 0.15) is 55.1 Å². The minimum absolute atomic E-state index is 0.0699. The van der Waals surface area contributed by atoms with Gasteiger partial charge in [-0.25, -0.2) is 9.97 Å². The summed E-state index contributed by atoms with van der Waals surface area (Å²) in [5, 5.41) is 13.5. The van der Waals surface area contributed by atoms with Gasteiger partial charge in [-0.2, -0.15) is 5.26 Å². The summed E-state index contributed by atoms with van der Waals surface area (Å²) in [7, 11) is 1.78. The van der Waals surface area contributed by atoms with Crippen LogP contribution in [0, 0.1) is 22.7 Å². The lowest BCUT2D eigenvalue weighted by Crippen LogP contribution is -2.58. The number of nitrogens with zero attached hydrogens (tertiary/aromatic N) is 4. The van der Waals surface area contributed by atoms with Crippen LogP contribution in [-0.4, -0.2) is 39.1 Å². The van der Waals surface area contributed by atoms with Crippen molar-refractivity contribution in [2.45, 2.75) is 57.2 Å². The van der Waals surface area contributed by atoms with E-state index in [-0.39, 0.29) is 24.0 Å². The number of ether oxygens (including phenoxy) is 1. The maximum absolute atomic E-state index is 14.3. The number of nitrogens with one attached hydrogen (secondary N) is 1. The zero-order valence-corrected chi connectivity index (χ0v) is 19.7. The Labute approximate surface area is 199 Å². The second-order valence-corrected chi connectivity index (χ2v) is 9.75. The molecule has 7 nitrogen and oxygen atoms in total. The molecule has 1 N–H and O–H groups in total. The summed E-state index contributed by atoms with van der Waals surface area (Å²) in [6.45, 7) is 2.40. The molecule has 2 heterocycles. The molecule has 0 radical (unpaired) electrons. The van der Waals surface area contributed by atoms with Crippen molar-refractivity contribution in [3.8, 4) is 6.07 Å². The van der Waals surface area contributed by atoms with Gasteiger partial charge >= 0.3 is 0 Å². The van der Waals surface area contributed by atoms with Crippen molar-refractivity contribution in [1.82, 2.24) is 20.2 Å². The number of fused-ring (bicyclic) bond motifs is 3. The Hall–Kier alpha value is -2.89. The van der Waals surface area contributed by atoms with Crippen molar-refractivity contribution in [2.75, 3.05) is 7.11 Å². The summed E-state index contributed by atoms with van der Waals surface area (Å²) in [6.07, 6.45) is 7.86. The summed E-state index contributed by atoms with van der Waals surface area (Å²) in [5.74, 6) is 0.819. The number of carbonyl (C=O) groups is 1. The van der Waals surface area contributed by atoms with Crippen molar-refractivity contribution >= 4 is 23.2 Å². The first-order chi connectivity index (χ1) is 16.0. The Morgan fingerprint density at radius 2 is 2.15 bits per heavy atom. The number of nitriles is 1. The van der Waals surface area contributed by atoms with Crippen LogP contribution in [-0.2, 0) is 28.0 Å². The van der Waals surface area contributed by atoms with Crippen LogP contribution in [0.25, 0.3) is 0 Å². The molecule has 1 aromatic carbocycles. The SMILES string of the molecule is CC[C@@H]1C[C@]2(CC[C@H]1OC)Cc1ccc(C#N)cc1[C@]21NC(=S)N(Cc2ncccn2)C1=O. The number of carbonyl (C=O) groups excluding carboxylic acids is 1. The fraction of sp³-hybridized carbons (Fsp3) is 0.480. The molecule has 5 rings (SSSR count). The number of hydrogen-bond donors (Lipinski definition) is 1. The Balaban J connectivity index is 1.63. The van der Waals surface area contributed by atoms with E-state index in [0.717, 1.165) is 43.2 Å². The monoisotopic (exact) mass is 461 g/mol. The number of amides is 1. The molecule has 2 spiro atoms. The van der Waals surface area contributed by atoms with Gasteiger partial charge in [0.15, 0.2) is 10.7 Å². The highest BCUT2D eigenvalue weighted by Gasteiger charge is 2.68. The third kappa shape index (κ3) is 3.17. The van der Waals surface area contributed by atoms with Crippen LogP contribution >= 0.6 is 12.2 Å². The molecule has 33 heavy (non-hydrogen) atoms. The molecule has 1 amide bonds. The predicted octanol–water partition coefficient (Wildman–Crippen LogP) is 3.23. The molecule has 2 fully saturated rings. The van der Waals surface area contributed by atoms with Gasteiger partial charge in [-0.1, -0.05) is 19.4 Å². The quantitative estimate of drug-likeness (QED) is 0.699. The van der Waals surface area contributed by atoms with E-state index in [2.05, 4.69) is 28.3 Å². The van der Waals surface area contributed by atoms with Crippen LogP contribution in [0.4, 0.5) is 0 Å². The van der Waals surface area contributed by atoms with E-state index >= 15 is 0 Å². The lowest BCUT2D eigenvalue weighted by atomic mass is 9.58. The second kappa shape index (κ2) is 8.15. The topological polar surface area (TPSA) is 91.1 Å². The van der Waals surface area contributed by atoms with Crippen LogP contribution in [0.3, 0.4) is 0 Å². The zero-order valence-electron chi connectivity index (χ0n) is 18.9. The van der Waals surface area contributed by atoms with E-state index in [4.69, 9.17) is 17.0 Å². The summed E-state index contributed by atoms with van der Waals surface area (Å²) in [6, 6.07) is 9.72. The molecule has 8 heteroatoms. The van der Waals surface area contributed by atoms with Crippen molar-refractivity contribution in [2.24, 2.45) is 11.3 Å². The maximum Gasteiger partial charge on any atom is 0.260 e. The van der Waals surface area contributed by atoms with E-state index in [1.54, 1.807) is 30.5 Å². The number of aromatic nitrogens is 2. The first kappa shape index (κ1) is 21.9. The molecule has 0 unspecified atom stereocenters. The van der Waals surface area contributed by atoms with E-state index < -0.39 is 5.54 Å². The highest BCUT2D eigenvalue weighted by Crippen LogP contribution is 2.61. The summed E-state index contributed by atoms with van der Waals surface area (Å²) in [4.78, 5) is 24.5. The van der Waals surface area contributed by atoms with Crippen molar-refractivity contribution in [1.29, 1.82) is 5.26 Å². The Morgan fingerprint density at radius 1 is 1.36 bits per heavy atom. The number of rotatable bonds is 4. The van der Waals surface area contributed by atoms with Crippen LogP contribution in [0.5, 0.6) is 0 Å². The minimum atomic E-state index is -0.993. The molecule has 170 valence electrons. The number of hydrogen-bond acceptors (Lipinski definition) is 6. The van der Waals surface area contributed by atoms with Crippen LogP contribution < -0.4 is 5.32 Å². The summed E-state index contributed by atoms with van der Waals surface area (Å²) in [5.41, 5.74) is 1.21. The standard InChI is InChI=1S/C25H27N5O2S/c1-3-17-12-24(8-7-20(17)32-2)13-18-6-5-16(14-26)11-19(18)25(24)22(31)30(23(33)29-25)15-21-27-9-4-10-28-21/h4-6,9-11,17,20H,3,7-8,12-13,15H2,1-2H3,(H,29,33)/t17-,20-,24-,25-/m1/s1. The highest BCUT2D eigenvalue weighted by atomic mass is 32.1. The van der Waals surface area contributed by atoms with Gasteiger partial charge in [-0.3, -0.25) is 9.69 Å². The molecule has 2 aliphatic carbocycles. The highest BCUT2D eigenvalue weighted by molar-refractivity contribution is 7.80. The summed E-state index contributed by atoms with van der Waals surface area (Å²) < 4.78 is 5.81. The van der Waals surface area contributed by atoms with Gasteiger partial charge in [0.1, 0.15) is 5.82 Å². The summed E-state index contributed by atoms with van der Waals surface area (Å²) >= 11 is 5.72. The van der Waals surface area contributed by atoms with Crippen molar-refractivity contribution in [3.63, 3.8) is 0 Å². The fourth-order valence-corrected chi connectivity index (χ4v) is 6.66. The van der Waals surface area contributed by atoms with E-state index in [1.807, 2.05) is 18.2 Å². The first-order valence-electron chi connectivity index (χ1n) is 11.4. The zero-order chi connectivity index (χ0) is 23.2. The molecule has 3 aliphatic rings. The second-order valence-electron chi connectivity index (χ2n) is 9.36. The van der Waals surface area contributed by atoms with Gasteiger partial charge in [0.25, 0.3) is 5.91 Å². The molecule has 1 saturated heterocycles. The van der Waals surface area contributed by atoms with Gasteiger partial charge in [0.05, 0.1) is 24.3 Å². The van der Waals surface area contributed by atoms with Gasteiger partial charge in [0.2, 0.25) is 0 Å². The average molecular weight is 462 g/mol. The van der Waals surface area contributed by atoms with E-state index in [9.17, 15) is 10.1 Å². The smallest absolute Gasteiger partial charge is 0.260 e. The third-order valence-corrected chi connectivity index (χ3v) is 8.23. The van der Waals surface area contributed by atoms with Gasteiger partial charge in [-0.05, 0) is 73.1 Å². The molecule has 1 saturated carbocycles. The molecule has 2 aromatic rings. The molecule has 4 atom stereocenters. The molecule has 1 aliphatic heterocycles. The lowest BCUT2D eigenvalue weighted by molar-refractivity contribution is -0.140. The van der Waals surface area contributed by atoms with Gasteiger partial charge < -0.3 is 10.1 Å². The van der Waals surface area contributed by atoms with Crippen LogP contribution in [0.15, 0.2) is 36.7 Å². The normalized spacial score (nSPS) is 30.5. The largest absolute Gasteiger partial charge is 0.381 e. The van der Waals surface area contributed by atoms with Crippen LogP contribution in [0.2, 0.25) is 0 Å². The molecular weight excluding hydrogens is 434 g/mol. The van der Waals surface area contributed by atoms with E-state index in [1.165, 1.54) is 0 Å². The van der Waals surface area contributed by atoms with E-state index in [0.29, 0.717) is 22.4 Å². The Kier molecular flexibility index (Phi) is 5.42.